The summed E-state index contributed by atoms with van der Waals surface area (Å²) >= 11 is 0. The van der Waals surface area contributed by atoms with Crippen molar-refractivity contribution in [2.45, 2.75) is 31.3 Å². The van der Waals surface area contributed by atoms with Gasteiger partial charge in [0.15, 0.2) is 0 Å². The maximum Gasteiger partial charge on any atom is 0.237 e. The number of benzene rings is 2. The van der Waals surface area contributed by atoms with Crippen molar-refractivity contribution in [3.05, 3.63) is 54.6 Å². The van der Waals surface area contributed by atoms with Crippen molar-refractivity contribution in [3.8, 4) is 11.1 Å². The summed E-state index contributed by atoms with van der Waals surface area (Å²) < 4.78 is 0. The molecule has 0 saturated carbocycles. The first-order chi connectivity index (χ1) is 14.2. The maximum atomic E-state index is 12.8. The smallest absolute Gasteiger partial charge is 0.237 e. The van der Waals surface area contributed by atoms with Gasteiger partial charge in [-0.1, -0.05) is 42.5 Å². The van der Waals surface area contributed by atoms with E-state index in [0.29, 0.717) is 19.1 Å². The minimum atomic E-state index is 0.239. The van der Waals surface area contributed by atoms with Gasteiger partial charge in [0.25, 0.3) is 0 Å². The Morgan fingerprint density at radius 2 is 1.90 bits per heavy atom. The molecular formula is C24H30N4O. The molecule has 2 aromatic rings. The van der Waals surface area contributed by atoms with E-state index in [-0.39, 0.29) is 11.9 Å². The van der Waals surface area contributed by atoms with E-state index < -0.39 is 0 Å². The summed E-state index contributed by atoms with van der Waals surface area (Å²) in [6.07, 6.45) is 3.18. The van der Waals surface area contributed by atoms with Crippen LogP contribution in [0.5, 0.6) is 0 Å². The number of hydrogen-bond acceptors (Lipinski definition) is 4. The molecule has 5 nitrogen and oxygen atoms in total. The van der Waals surface area contributed by atoms with E-state index in [4.69, 9.17) is 0 Å². The van der Waals surface area contributed by atoms with Crippen molar-refractivity contribution in [3.63, 3.8) is 0 Å². The monoisotopic (exact) mass is 390 g/mol. The van der Waals surface area contributed by atoms with Crippen LogP contribution < -0.4 is 5.32 Å². The number of nitrogens with one attached hydrogen (secondary N) is 1. The second-order valence-corrected chi connectivity index (χ2v) is 8.10. The van der Waals surface area contributed by atoms with Crippen LogP contribution in [-0.2, 0) is 4.79 Å². The summed E-state index contributed by atoms with van der Waals surface area (Å²) in [5.41, 5.74) is 3.58. The fourth-order valence-corrected chi connectivity index (χ4v) is 4.53. The molecule has 152 valence electrons. The molecule has 5 heteroatoms. The summed E-state index contributed by atoms with van der Waals surface area (Å²) in [6.45, 7) is 7.48. The quantitative estimate of drug-likeness (QED) is 0.736. The number of likely N-dealkylation sites (tertiary alicyclic amines) is 2. The molecule has 0 aliphatic carbocycles. The zero-order valence-electron chi connectivity index (χ0n) is 17.0. The van der Waals surface area contributed by atoms with Crippen LogP contribution in [0.25, 0.3) is 11.1 Å². The highest BCUT2D eigenvalue weighted by atomic mass is 16.2. The number of amides is 1. The first kappa shape index (κ1) is 19.6. The first-order valence-corrected chi connectivity index (χ1v) is 10.6. The van der Waals surface area contributed by atoms with Gasteiger partial charge in [-0.15, -0.1) is 0 Å². The predicted octanol–water partition coefficient (Wildman–Crippen LogP) is 3.53. The highest BCUT2D eigenvalue weighted by Gasteiger charge is 2.31. The van der Waals surface area contributed by atoms with Crippen molar-refractivity contribution in [1.29, 1.82) is 0 Å². The summed E-state index contributed by atoms with van der Waals surface area (Å²) in [6, 6.07) is 19.6. The van der Waals surface area contributed by atoms with Crippen LogP contribution in [0, 0.1) is 0 Å². The Morgan fingerprint density at radius 1 is 1.07 bits per heavy atom. The molecule has 4 rings (SSSR count). The molecule has 0 unspecified atom stereocenters. The van der Waals surface area contributed by atoms with Crippen LogP contribution in [0.1, 0.15) is 19.3 Å². The van der Waals surface area contributed by atoms with Crippen LogP contribution in [-0.4, -0.2) is 67.2 Å². The second-order valence-electron chi connectivity index (χ2n) is 8.10. The van der Waals surface area contributed by atoms with Crippen molar-refractivity contribution < 1.29 is 4.79 Å². The topological polar surface area (TPSA) is 47.9 Å². The fourth-order valence-electron chi connectivity index (χ4n) is 4.53. The van der Waals surface area contributed by atoms with E-state index in [9.17, 15) is 4.79 Å². The summed E-state index contributed by atoms with van der Waals surface area (Å²) in [4.78, 5) is 21.0. The van der Waals surface area contributed by atoms with Crippen molar-refractivity contribution in [2.24, 2.45) is 4.99 Å². The molecule has 2 fully saturated rings. The van der Waals surface area contributed by atoms with Crippen molar-refractivity contribution in [2.75, 3.05) is 38.0 Å². The van der Waals surface area contributed by atoms with Crippen LogP contribution in [0.4, 0.5) is 5.69 Å². The molecule has 2 aliphatic heterocycles. The summed E-state index contributed by atoms with van der Waals surface area (Å²) in [5.74, 6) is 0.239. The highest BCUT2D eigenvalue weighted by Crippen LogP contribution is 2.24. The second kappa shape index (κ2) is 9.23. The van der Waals surface area contributed by atoms with Gasteiger partial charge in [-0.25, -0.2) is 0 Å². The first-order valence-electron chi connectivity index (χ1n) is 10.6. The van der Waals surface area contributed by atoms with Crippen molar-refractivity contribution in [1.82, 2.24) is 9.80 Å². The van der Waals surface area contributed by atoms with Gasteiger partial charge in [0.2, 0.25) is 5.91 Å². The lowest BCUT2D eigenvalue weighted by molar-refractivity contribution is -0.132. The lowest BCUT2D eigenvalue weighted by atomic mass is 10.1. The van der Waals surface area contributed by atoms with Gasteiger partial charge < -0.3 is 10.2 Å². The molecular weight excluding hydrogens is 360 g/mol. The molecule has 0 bridgehead atoms. The van der Waals surface area contributed by atoms with Gasteiger partial charge in [-0.05, 0) is 49.2 Å². The number of rotatable bonds is 7. The number of anilines is 1. The number of hydrogen-bond donors (Lipinski definition) is 1. The molecule has 0 radical (unpaired) electrons. The minimum absolute atomic E-state index is 0.239. The SMILES string of the molecule is C=NC[C@@H]1CCCN1C(=O)CN1CC[C@@H](Nc2cccc(-c3ccccc3)c2)C1. The van der Waals surface area contributed by atoms with Crippen molar-refractivity contribution >= 4 is 18.3 Å². The average Bonchev–Trinajstić information content (AvgIpc) is 3.39. The molecule has 2 aliphatic rings. The Morgan fingerprint density at radius 3 is 2.72 bits per heavy atom. The van der Waals surface area contributed by atoms with Crippen LogP contribution in [0.2, 0.25) is 0 Å². The molecule has 2 heterocycles. The van der Waals surface area contributed by atoms with Gasteiger partial charge >= 0.3 is 0 Å². The van der Waals surface area contributed by atoms with E-state index in [0.717, 1.165) is 44.6 Å². The zero-order chi connectivity index (χ0) is 20.1. The van der Waals surface area contributed by atoms with E-state index in [1.807, 2.05) is 11.0 Å². The lowest BCUT2D eigenvalue weighted by Crippen LogP contribution is -2.43. The third kappa shape index (κ3) is 4.85. The van der Waals surface area contributed by atoms with E-state index in [2.05, 4.69) is 70.5 Å². The molecule has 0 aromatic heterocycles. The fraction of sp³-hybridized carbons (Fsp3) is 0.417. The third-order valence-corrected chi connectivity index (χ3v) is 6.01. The van der Waals surface area contributed by atoms with Gasteiger partial charge in [-0.3, -0.25) is 14.7 Å². The number of carbonyl (C=O) groups is 1. The molecule has 2 atom stereocenters. The maximum absolute atomic E-state index is 12.8. The number of aliphatic imine (C=N–C) groups is 1. The summed E-state index contributed by atoms with van der Waals surface area (Å²) in [5, 5.41) is 3.66. The van der Waals surface area contributed by atoms with Gasteiger partial charge in [-0.2, -0.15) is 0 Å². The number of nitrogens with zero attached hydrogens (tertiary/aromatic N) is 3. The summed E-state index contributed by atoms with van der Waals surface area (Å²) in [7, 11) is 0. The number of carbonyl (C=O) groups excluding carboxylic acids is 1. The van der Waals surface area contributed by atoms with Crippen LogP contribution >= 0.6 is 0 Å². The van der Waals surface area contributed by atoms with E-state index >= 15 is 0 Å². The predicted molar refractivity (Wildman–Crippen MR) is 119 cm³/mol. The van der Waals surface area contributed by atoms with Gasteiger partial charge in [0.05, 0.1) is 19.1 Å². The molecule has 29 heavy (non-hydrogen) atoms. The zero-order valence-corrected chi connectivity index (χ0v) is 17.0. The Labute approximate surface area is 173 Å². The lowest BCUT2D eigenvalue weighted by Gasteiger charge is -2.26. The standard InChI is InChI=1S/C24H30N4O/c1-25-16-23-11-6-13-28(23)24(29)18-27-14-12-22(17-27)26-21-10-5-9-20(15-21)19-7-3-2-4-8-19/h2-5,7-10,15,22-23,26H,1,6,11-14,16-18H2/t22-,23+/m1/s1. The van der Waals surface area contributed by atoms with Gasteiger partial charge in [0, 0.05) is 31.4 Å². The highest BCUT2D eigenvalue weighted by molar-refractivity contribution is 5.79. The largest absolute Gasteiger partial charge is 0.381 e. The molecule has 1 amide bonds. The minimum Gasteiger partial charge on any atom is -0.381 e. The molecule has 2 aromatic carbocycles. The Balaban J connectivity index is 1.31. The Bertz CT molecular complexity index is 838. The molecule has 0 spiro atoms. The Hall–Kier alpha value is -2.66. The van der Waals surface area contributed by atoms with Gasteiger partial charge in [0.1, 0.15) is 0 Å². The van der Waals surface area contributed by atoms with E-state index in [1.54, 1.807) is 0 Å². The average molecular weight is 391 g/mol. The van der Waals surface area contributed by atoms with E-state index in [1.165, 1.54) is 11.1 Å². The van der Waals surface area contributed by atoms with Crippen LogP contribution in [0.15, 0.2) is 59.6 Å². The normalized spacial score (nSPS) is 22.0. The van der Waals surface area contributed by atoms with Crippen LogP contribution in [0.3, 0.4) is 0 Å². The third-order valence-electron chi connectivity index (χ3n) is 6.01. The molecule has 2 saturated heterocycles. The Kier molecular flexibility index (Phi) is 6.25. The molecule has 1 N–H and O–H groups in total.